The first kappa shape index (κ1) is 15.3. The molecule has 18 heavy (non-hydrogen) atoms. The molecule has 0 N–H and O–H groups in total. The van der Waals surface area contributed by atoms with Crippen LogP contribution in [-0.4, -0.2) is 43.5 Å². The van der Waals surface area contributed by atoms with E-state index in [2.05, 4.69) is 0 Å². The number of benzene rings is 1. The first-order valence-electron chi connectivity index (χ1n) is 5.70. The summed E-state index contributed by atoms with van der Waals surface area (Å²) in [5.41, 5.74) is 1.52. The van der Waals surface area contributed by atoms with E-state index in [9.17, 15) is 4.79 Å². The zero-order chi connectivity index (χ0) is 13.5. The van der Waals surface area contributed by atoms with Crippen LogP contribution in [0.15, 0.2) is 18.2 Å². The van der Waals surface area contributed by atoms with E-state index in [1.165, 1.54) is 0 Å². The molecule has 0 aliphatic heterocycles. The number of ether oxygens (including phenoxy) is 1. The SMILES string of the molecule is COCCN(CCCl)C(=O)c1cc(Cl)ccc1C. The number of methoxy groups -OCH3 is 1. The number of carbonyl (C=O) groups is 1. The van der Waals surface area contributed by atoms with Crippen LogP contribution in [0.3, 0.4) is 0 Å². The Hall–Kier alpha value is -0.770. The number of aryl methyl sites for hydroxylation is 1. The fourth-order valence-electron chi connectivity index (χ4n) is 1.61. The summed E-state index contributed by atoms with van der Waals surface area (Å²) in [6, 6.07) is 5.30. The average Bonchev–Trinajstić information content (AvgIpc) is 2.36. The van der Waals surface area contributed by atoms with Crippen molar-refractivity contribution in [3.8, 4) is 0 Å². The van der Waals surface area contributed by atoms with Gasteiger partial charge in [-0.25, -0.2) is 0 Å². The van der Waals surface area contributed by atoms with Crippen molar-refractivity contribution in [3.05, 3.63) is 34.3 Å². The molecule has 0 aliphatic rings. The van der Waals surface area contributed by atoms with E-state index in [1.54, 1.807) is 24.1 Å². The lowest BCUT2D eigenvalue weighted by atomic mass is 10.1. The standard InChI is InChI=1S/C13H17Cl2NO2/c1-10-3-4-11(15)9-12(10)13(17)16(6-5-14)7-8-18-2/h3-4,9H,5-8H2,1-2H3. The van der Waals surface area contributed by atoms with Crippen LogP contribution in [0, 0.1) is 6.92 Å². The summed E-state index contributed by atoms with van der Waals surface area (Å²) >= 11 is 11.6. The molecule has 0 atom stereocenters. The number of hydrogen-bond donors (Lipinski definition) is 0. The zero-order valence-electron chi connectivity index (χ0n) is 10.6. The molecule has 0 heterocycles. The second kappa shape index (κ2) is 7.62. The predicted molar refractivity (Wildman–Crippen MR) is 74.7 cm³/mol. The van der Waals surface area contributed by atoms with Gasteiger partial charge in [0.1, 0.15) is 0 Å². The minimum absolute atomic E-state index is 0.0623. The Kier molecular flexibility index (Phi) is 6.47. The van der Waals surface area contributed by atoms with Gasteiger partial charge in [0.25, 0.3) is 5.91 Å². The van der Waals surface area contributed by atoms with Gasteiger partial charge in [-0.2, -0.15) is 0 Å². The molecule has 100 valence electrons. The molecule has 0 fully saturated rings. The molecule has 0 unspecified atom stereocenters. The molecule has 5 heteroatoms. The molecule has 0 radical (unpaired) electrons. The van der Waals surface area contributed by atoms with Crippen LogP contribution in [0.2, 0.25) is 5.02 Å². The molecule has 3 nitrogen and oxygen atoms in total. The van der Waals surface area contributed by atoms with E-state index in [4.69, 9.17) is 27.9 Å². The monoisotopic (exact) mass is 289 g/mol. The molecule has 0 bridgehead atoms. The van der Waals surface area contributed by atoms with Gasteiger partial charge >= 0.3 is 0 Å². The van der Waals surface area contributed by atoms with Gasteiger partial charge in [0.2, 0.25) is 0 Å². The number of hydrogen-bond acceptors (Lipinski definition) is 2. The van der Waals surface area contributed by atoms with E-state index < -0.39 is 0 Å². The molecule has 0 spiro atoms. The molecular weight excluding hydrogens is 273 g/mol. The maximum atomic E-state index is 12.4. The summed E-state index contributed by atoms with van der Waals surface area (Å²) < 4.78 is 5.00. The van der Waals surface area contributed by atoms with Crippen molar-refractivity contribution in [2.75, 3.05) is 32.7 Å². The van der Waals surface area contributed by atoms with Gasteiger partial charge in [-0.15, -0.1) is 11.6 Å². The Morgan fingerprint density at radius 3 is 2.72 bits per heavy atom. The summed E-state index contributed by atoms with van der Waals surface area (Å²) in [7, 11) is 1.61. The highest BCUT2D eigenvalue weighted by molar-refractivity contribution is 6.31. The summed E-state index contributed by atoms with van der Waals surface area (Å²) in [5, 5.41) is 0.557. The molecule has 0 aliphatic carbocycles. The van der Waals surface area contributed by atoms with Gasteiger partial charge in [0.05, 0.1) is 6.61 Å². The van der Waals surface area contributed by atoms with Crippen molar-refractivity contribution >= 4 is 29.1 Å². The fraction of sp³-hybridized carbons (Fsp3) is 0.462. The molecule has 1 amide bonds. The summed E-state index contributed by atoms with van der Waals surface area (Å²) in [6.45, 7) is 3.39. The Bertz CT molecular complexity index is 410. The van der Waals surface area contributed by atoms with Crippen LogP contribution in [0.5, 0.6) is 0 Å². The van der Waals surface area contributed by atoms with Gasteiger partial charge in [0.15, 0.2) is 0 Å². The molecule has 1 rings (SSSR count). The van der Waals surface area contributed by atoms with Crippen molar-refractivity contribution in [1.82, 2.24) is 4.90 Å². The van der Waals surface area contributed by atoms with Crippen LogP contribution >= 0.6 is 23.2 Å². The lowest BCUT2D eigenvalue weighted by Crippen LogP contribution is -2.35. The number of nitrogens with zero attached hydrogens (tertiary/aromatic N) is 1. The minimum Gasteiger partial charge on any atom is -0.383 e. The number of alkyl halides is 1. The molecule has 1 aromatic rings. The maximum absolute atomic E-state index is 12.4. The second-order valence-electron chi connectivity index (χ2n) is 3.93. The predicted octanol–water partition coefficient (Wildman–Crippen LogP) is 2.98. The third-order valence-electron chi connectivity index (χ3n) is 2.64. The van der Waals surface area contributed by atoms with E-state index in [0.29, 0.717) is 36.2 Å². The van der Waals surface area contributed by atoms with E-state index in [1.807, 2.05) is 13.0 Å². The Morgan fingerprint density at radius 1 is 1.39 bits per heavy atom. The summed E-state index contributed by atoms with van der Waals surface area (Å²) in [4.78, 5) is 14.0. The first-order chi connectivity index (χ1) is 8.60. The van der Waals surface area contributed by atoms with Crippen molar-refractivity contribution in [3.63, 3.8) is 0 Å². The second-order valence-corrected chi connectivity index (χ2v) is 4.75. The van der Waals surface area contributed by atoms with Crippen LogP contribution in [0.4, 0.5) is 0 Å². The molecule has 0 aromatic heterocycles. The van der Waals surface area contributed by atoms with Gasteiger partial charge in [-0.1, -0.05) is 17.7 Å². The zero-order valence-corrected chi connectivity index (χ0v) is 12.1. The number of carbonyl (C=O) groups excluding carboxylic acids is 1. The summed E-state index contributed by atoms with van der Waals surface area (Å²) in [5.74, 6) is 0.336. The van der Waals surface area contributed by atoms with Gasteiger partial charge in [-0.3, -0.25) is 4.79 Å². The van der Waals surface area contributed by atoms with Gasteiger partial charge in [-0.05, 0) is 24.6 Å². The highest BCUT2D eigenvalue weighted by Gasteiger charge is 2.17. The Morgan fingerprint density at radius 2 is 2.11 bits per heavy atom. The van der Waals surface area contributed by atoms with Crippen LogP contribution in [0.1, 0.15) is 15.9 Å². The smallest absolute Gasteiger partial charge is 0.254 e. The lowest BCUT2D eigenvalue weighted by Gasteiger charge is -2.22. The largest absolute Gasteiger partial charge is 0.383 e. The van der Waals surface area contributed by atoms with Crippen molar-refractivity contribution in [1.29, 1.82) is 0 Å². The first-order valence-corrected chi connectivity index (χ1v) is 6.61. The number of rotatable bonds is 6. The lowest BCUT2D eigenvalue weighted by molar-refractivity contribution is 0.0707. The van der Waals surface area contributed by atoms with E-state index in [0.717, 1.165) is 5.56 Å². The highest BCUT2D eigenvalue weighted by Crippen LogP contribution is 2.17. The molecule has 0 saturated carbocycles. The Labute approximate surface area is 118 Å². The average molecular weight is 290 g/mol. The topological polar surface area (TPSA) is 29.5 Å². The van der Waals surface area contributed by atoms with Crippen molar-refractivity contribution < 1.29 is 9.53 Å². The summed E-state index contributed by atoms with van der Waals surface area (Å²) in [6.07, 6.45) is 0. The third kappa shape index (κ3) is 4.16. The highest BCUT2D eigenvalue weighted by atomic mass is 35.5. The number of amides is 1. The van der Waals surface area contributed by atoms with Gasteiger partial charge < -0.3 is 9.64 Å². The Balaban J connectivity index is 2.90. The maximum Gasteiger partial charge on any atom is 0.254 e. The van der Waals surface area contributed by atoms with E-state index >= 15 is 0 Å². The van der Waals surface area contributed by atoms with Gasteiger partial charge in [0, 0.05) is 36.7 Å². The van der Waals surface area contributed by atoms with Crippen molar-refractivity contribution in [2.24, 2.45) is 0 Å². The van der Waals surface area contributed by atoms with E-state index in [-0.39, 0.29) is 5.91 Å². The fourth-order valence-corrected chi connectivity index (χ4v) is 1.99. The minimum atomic E-state index is -0.0623. The van der Waals surface area contributed by atoms with Crippen LogP contribution < -0.4 is 0 Å². The quantitative estimate of drug-likeness (QED) is 0.754. The van der Waals surface area contributed by atoms with Crippen LogP contribution in [0.25, 0.3) is 0 Å². The molecule has 0 saturated heterocycles. The molecular formula is C13H17Cl2NO2. The van der Waals surface area contributed by atoms with Crippen molar-refractivity contribution in [2.45, 2.75) is 6.92 Å². The normalized spacial score (nSPS) is 10.4. The third-order valence-corrected chi connectivity index (χ3v) is 3.04. The molecule has 1 aromatic carbocycles. The number of halogens is 2. The van der Waals surface area contributed by atoms with Crippen LogP contribution in [-0.2, 0) is 4.74 Å².